The average molecular weight is 390 g/mol. The third kappa shape index (κ3) is 5.68. The highest BCUT2D eigenvalue weighted by atomic mass is 32.2. The van der Waals surface area contributed by atoms with Gasteiger partial charge in [-0.3, -0.25) is 24.1 Å². The molecule has 1 aromatic carbocycles. The Morgan fingerprint density at radius 1 is 1.19 bits per heavy atom. The second kappa shape index (κ2) is 8.39. The van der Waals surface area contributed by atoms with E-state index < -0.39 is 29.6 Å². The highest BCUT2D eigenvalue weighted by Crippen LogP contribution is 2.32. The molecule has 1 aliphatic heterocycles. The van der Waals surface area contributed by atoms with Crippen molar-refractivity contribution in [2.45, 2.75) is 32.6 Å². The minimum absolute atomic E-state index is 0.0182. The monoisotopic (exact) mass is 390 g/mol. The molecule has 0 atom stereocenters. The summed E-state index contributed by atoms with van der Waals surface area (Å²) in [6.45, 7) is 5.84. The molecule has 2 N–H and O–H groups in total. The molecule has 0 radical (unpaired) electrons. The minimum atomic E-state index is -1.04. The molecular formula is C19H22N2O5S. The lowest BCUT2D eigenvalue weighted by Crippen LogP contribution is -2.40. The molecule has 0 aliphatic carbocycles. The number of hydrogen-bond acceptors (Lipinski definition) is 5. The van der Waals surface area contributed by atoms with Gasteiger partial charge < -0.3 is 10.4 Å². The number of carbonyl (C=O) groups excluding carboxylic acids is 3. The molecule has 144 valence electrons. The number of hydrogen-bond donors (Lipinski definition) is 2. The van der Waals surface area contributed by atoms with Crippen molar-refractivity contribution >= 4 is 40.9 Å². The number of rotatable bonds is 6. The van der Waals surface area contributed by atoms with E-state index in [0.717, 1.165) is 27.8 Å². The summed E-state index contributed by atoms with van der Waals surface area (Å²) in [5, 5.41) is 10.4. The molecular weight excluding hydrogens is 368 g/mol. The molecule has 2 rings (SSSR count). The maximum absolute atomic E-state index is 12.4. The number of aliphatic carboxylic acids is 1. The van der Waals surface area contributed by atoms with Crippen LogP contribution in [0.5, 0.6) is 0 Å². The topological polar surface area (TPSA) is 104 Å². The number of carboxylic acids is 1. The van der Waals surface area contributed by atoms with Crippen LogP contribution >= 0.6 is 11.8 Å². The Kier molecular flexibility index (Phi) is 6.43. The van der Waals surface area contributed by atoms with Crippen molar-refractivity contribution < 1.29 is 24.3 Å². The number of thioether (sulfide) groups is 1. The number of carboxylic acid groups (broad SMARTS) is 1. The second-order valence-corrected chi connectivity index (χ2v) is 8.13. The van der Waals surface area contributed by atoms with Gasteiger partial charge in [-0.2, -0.15) is 0 Å². The normalized spacial score (nSPS) is 16.1. The molecule has 27 heavy (non-hydrogen) atoms. The number of nitrogens with one attached hydrogen (secondary N) is 1. The van der Waals surface area contributed by atoms with E-state index in [0.29, 0.717) is 0 Å². The first-order valence-electron chi connectivity index (χ1n) is 8.42. The molecule has 1 heterocycles. The Bertz CT molecular complexity index is 793. The first-order valence-corrected chi connectivity index (χ1v) is 9.24. The molecule has 1 aliphatic rings. The van der Waals surface area contributed by atoms with Crippen LogP contribution in [-0.2, 0) is 19.8 Å². The average Bonchev–Trinajstić information content (AvgIpc) is 2.82. The van der Waals surface area contributed by atoms with Crippen molar-refractivity contribution in [1.29, 1.82) is 0 Å². The van der Waals surface area contributed by atoms with Gasteiger partial charge in [-0.15, -0.1) is 0 Å². The van der Waals surface area contributed by atoms with Crippen LogP contribution in [0, 0.1) is 0 Å². The Morgan fingerprint density at radius 2 is 1.81 bits per heavy atom. The largest absolute Gasteiger partial charge is 0.481 e. The molecule has 0 saturated carbocycles. The molecule has 8 heteroatoms. The van der Waals surface area contributed by atoms with Crippen LogP contribution < -0.4 is 5.32 Å². The zero-order valence-corrected chi connectivity index (χ0v) is 16.3. The van der Waals surface area contributed by atoms with Crippen LogP contribution in [0.1, 0.15) is 38.3 Å². The standard InChI is InChI=1S/C19H22N2O5S/c1-19(2,3)13-6-4-12(5-7-13)10-14-17(25)21(18(26)27-14)11-15(22)20-9-8-16(23)24/h4-7,10H,8-9,11H2,1-3H3,(H,20,22)(H,23,24)/b14-10-. The summed E-state index contributed by atoms with van der Waals surface area (Å²) in [4.78, 5) is 47.8. The van der Waals surface area contributed by atoms with E-state index in [9.17, 15) is 19.2 Å². The van der Waals surface area contributed by atoms with E-state index in [2.05, 4.69) is 26.1 Å². The predicted octanol–water partition coefficient (Wildman–Crippen LogP) is 2.61. The lowest BCUT2D eigenvalue weighted by atomic mass is 9.87. The maximum atomic E-state index is 12.4. The Morgan fingerprint density at radius 3 is 2.37 bits per heavy atom. The summed E-state index contributed by atoms with van der Waals surface area (Å²) in [6, 6.07) is 7.72. The summed E-state index contributed by atoms with van der Waals surface area (Å²) in [5.74, 6) is -2.14. The van der Waals surface area contributed by atoms with Crippen LogP contribution in [0.4, 0.5) is 4.79 Å². The van der Waals surface area contributed by atoms with Crippen molar-refractivity contribution in [1.82, 2.24) is 10.2 Å². The van der Waals surface area contributed by atoms with Crippen LogP contribution in [0.15, 0.2) is 29.2 Å². The number of imide groups is 1. The molecule has 1 aromatic rings. The van der Waals surface area contributed by atoms with Gasteiger partial charge in [-0.1, -0.05) is 45.0 Å². The minimum Gasteiger partial charge on any atom is -0.481 e. The summed E-state index contributed by atoms with van der Waals surface area (Å²) in [6.07, 6.45) is 1.40. The fourth-order valence-electron chi connectivity index (χ4n) is 2.38. The number of carbonyl (C=O) groups is 4. The van der Waals surface area contributed by atoms with Gasteiger partial charge in [0.25, 0.3) is 11.1 Å². The molecule has 1 saturated heterocycles. The van der Waals surface area contributed by atoms with Gasteiger partial charge >= 0.3 is 5.97 Å². The first-order chi connectivity index (χ1) is 12.6. The molecule has 7 nitrogen and oxygen atoms in total. The summed E-state index contributed by atoms with van der Waals surface area (Å²) in [5.41, 5.74) is 1.97. The third-order valence-corrected chi connectivity index (χ3v) is 4.82. The van der Waals surface area contributed by atoms with E-state index in [4.69, 9.17) is 5.11 Å². The molecule has 3 amide bonds. The van der Waals surface area contributed by atoms with Gasteiger partial charge in [0.05, 0.1) is 11.3 Å². The summed E-state index contributed by atoms with van der Waals surface area (Å²) < 4.78 is 0. The van der Waals surface area contributed by atoms with Gasteiger partial charge in [0, 0.05) is 6.54 Å². The molecule has 0 bridgehead atoms. The van der Waals surface area contributed by atoms with Gasteiger partial charge in [-0.25, -0.2) is 0 Å². The van der Waals surface area contributed by atoms with Crippen molar-refractivity contribution in [2.24, 2.45) is 0 Å². The number of amides is 3. The SMILES string of the molecule is CC(C)(C)c1ccc(/C=C2\SC(=O)N(CC(=O)NCCC(=O)O)C2=O)cc1. The lowest BCUT2D eigenvalue weighted by Gasteiger charge is -2.18. The highest BCUT2D eigenvalue weighted by Gasteiger charge is 2.36. The first kappa shape index (κ1) is 20.7. The van der Waals surface area contributed by atoms with E-state index in [1.807, 2.05) is 24.3 Å². The lowest BCUT2D eigenvalue weighted by molar-refractivity contribution is -0.137. The van der Waals surface area contributed by atoms with Gasteiger partial charge in [0.1, 0.15) is 6.54 Å². The Hall–Kier alpha value is -2.61. The van der Waals surface area contributed by atoms with Crippen LogP contribution in [0.3, 0.4) is 0 Å². The van der Waals surface area contributed by atoms with Crippen molar-refractivity contribution in [2.75, 3.05) is 13.1 Å². The maximum Gasteiger partial charge on any atom is 0.305 e. The summed E-state index contributed by atoms with van der Waals surface area (Å²) >= 11 is 0.782. The fourth-order valence-corrected chi connectivity index (χ4v) is 3.21. The van der Waals surface area contributed by atoms with Crippen LogP contribution in [0.25, 0.3) is 6.08 Å². The van der Waals surface area contributed by atoms with E-state index in [1.54, 1.807) is 6.08 Å². The zero-order chi connectivity index (χ0) is 20.2. The summed E-state index contributed by atoms with van der Waals surface area (Å²) in [7, 11) is 0. The molecule has 0 unspecified atom stereocenters. The van der Waals surface area contributed by atoms with E-state index >= 15 is 0 Å². The number of benzene rings is 1. The smallest absolute Gasteiger partial charge is 0.305 e. The van der Waals surface area contributed by atoms with Crippen LogP contribution in [0.2, 0.25) is 0 Å². The predicted molar refractivity (Wildman–Crippen MR) is 103 cm³/mol. The van der Waals surface area contributed by atoms with Gasteiger partial charge in [0.15, 0.2) is 0 Å². The molecule has 0 spiro atoms. The zero-order valence-electron chi connectivity index (χ0n) is 15.4. The van der Waals surface area contributed by atoms with Crippen LogP contribution in [-0.4, -0.2) is 46.1 Å². The second-order valence-electron chi connectivity index (χ2n) is 7.13. The van der Waals surface area contributed by atoms with Crippen molar-refractivity contribution in [3.63, 3.8) is 0 Å². The quantitative estimate of drug-likeness (QED) is 0.724. The van der Waals surface area contributed by atoms with Crippen molar-refractivity contribution in [3.05, 3.63) is 40.3 Å². The Labute approximate surface area is 161 Å². The van der Waals surface area contributed by atoms with E-state index in [-0.39, 0.29) is 23.3 Å². The highest BCUT2D eigenvalue weighted by molar-refractivity contribution is 8.18. The van der Waals surface area contributed by atoms with Gasteiger partial charge in [-0.05, 0) is 34.4 Å². The fraction of sp³-hybridized carbons (Fsp3) is 0.368. The number of nitrogens with zero attached hydrogens (tertiary/aromatic N) is 1. The van der Waals surface area contributed by atoms with Crippen molar-refractivity contribution in [3.8, 4) is 0 Å². The Balaban J connectivity index is 2.03. The molecule has 1 fully saturated rings. The molecule has 0 aromatic heterocycles. The van der Waals surface area contributed by atoms with E-state index in [1.165, 1.54) is 0 Å². The third-order valence-electron chi connectivity index (χ3n) is 3.91. The van der Waals surface area contributed by atoms with Gasteiger partial charge in [0.2, 0.25) is 5.91 Å².